The lowest BCUT2D eigenvalue weighted by molar-refractivity contribution is -0.147. The van der Waals surface area contributed by atoms with Crippen LogP contribution in [0.3, 0.4) is 0 Å². The van der Waals surface area contributed by atoms with Gasteiger partial charge in [-0.3, -0.25) is 9.59 Å². The average Bonchev–Trinajstić information content (AvgIpc) is 3.17. The molecule has 3 N–H and O–H groups in total. The number of piperazine rings is 1. The van der Waals surface area contributed by atoms with E-state index in [-0.39, 0.29) is 23.6 Å². The number of carbonyl (C=O) groups excluding carboxylic acids is 2. The number of methoxy groups -OCH3 is 1. The molecule has 2 heterocycles. The van der Waals surface area contributed by atoms with Gasteiger partial charge in [0.05, 0.1) is 7.11 Å². The van der Waals surface area contributed by atoms with E-state index in [1.807, 2.05) is 24.3 Å². The Labute approximate surface area is 169 Å². The zero-order valence-corrected chi connectivity index (χ0v) is 16.3. The molecule has 4 rings (SSSR count). The fourth-order valence-corrected chi connectivity index (χ4v) is 4.02. The van der Waals surface area contributed by atoms with Gasteiger partial charge in [0.1, 0.15) is 23.6 Å². The molecule has 29 heavy (non-hydrogen) atoms. The van der Waals surface area contributed by atoms with Crippen molar-refractivity contribution in [1.29, 1.82) is 0 Å². The summed E-state index contributed by atoms with van der Waals surface area (Å²) in [5.74, 6) is 0.852. The third-order valence-electron chi connectivity index (χ3n) is 5.63. The number of ether oxygens (including phenoxy) is 1. The lowest BCUT2D eigenvalue weighted by atomic mass is 10.0. The lowest BCUT2D eigenvalue weighted by Gasteiger charge is -2.34. The highest BCUT2D eigenvalue weighted by Crippen LogP contribution is 2.24. The van der Waals surface area contributed by atoms with E-state index in [9.17, 15) is 14.7 Å². The van der Waals surface area contributed by atoms with E-state index in [4.69, 9.17) is 4.74 Å². The van der Waals surface area contributed by atoms with E-state index in [1.165, 1.54) is 0 Å². The molecule has 0 spiro atoms. The second-order valence-corrected chi connectivity index (χ2v) is 7.60. The van der Waals surface area contributed by atoms with Gasteiger partial charge >= 0.3 is 0 Å². The van der Waals surface area contributed by atoms with Crippen molar-refractivity contribution in [3.8, 4) is 11.5 Å². The van der Waals surface area contributed by atoms with Crippen LogP contribution in [0.1, 0.15) is 17.5 Å². The third-order valence-corrected chi connectivity index (χ3v) is 5.63. The number of benzene rings is 2. The van der Waals surface area contributed by atoms with Crippen LogP contribution in [0.2, 0.25) is 0 Å². The van der Waals surface area contributed by atoms with Crippen LogP contribution in [-0.2, 0) is 22.6 Å². The van der Waals surface area contributed by atoms with Crippen LogP contribution in [0.15, 0.2) is 48.5 Å². The van der Waals surface area contributed by atoms with Gasteiger partial charge < -0.3 is 25.4 Å². The summed E-state index contributed by atoms with van der Waals surface area (Å²) >= 11 is 0. The number of rotatable bonds is 6. The molecular weight excluding hydrogens is 370 g/mol. The quantitative estimate of drug-likeness (QED) is 0.684. The van der Waals surface area contributed by atoms with Gasteiger partial charge in [-0.25, -0.2) is 0 Å². The van der Waals surface area contributed by atoms with Crippen LogP contribution in [0.4, 0.5) is 0 Å². The van der Waals surface area contributed by atoms with Crippen LogP contribution < -0.4 is 15.4 Å². The summed E-state index contributed by atoms with van der Waals surface area (Å²) in [4.78, 5) is 27.2. The molecule has 0 saturated carbocycles. The molecule has 0 radical (unpaired) electrons. The summed E-state index contributed by atoms with van der Waals surface area (Å²) in [6.45, 7) is 1.20. The summed E-state index contributed by atoms with van der Waals surface area (Å²) in [6.07, 6.45) is 1.03. The maximum absolute atomic E-state index is 12.9. The van der Waals surface area contributed by atoms with Crippen molar-refractivity contribution in [3.05, 3.63) is 59.7 Å². The number of phenols is 1. The first-order valence-corrected chi connectivity index (χ1v) is 9.78. The first-order valence-electron chi connectivity index (χ1n) is 9.78. The number of fused-ring (bicyclic) bond motifs is 1. The summed E-state index contributed by atoms with van der Waals surface area (Å²) in [6, 6.07) is 13.6. The molecule has 2 aliphatic heterocycles. The number of carbonyl (C=O) groups is 2. The molecule has 0 unspecified atom stereocenters. The maximum atomic E-state index is 12.9. The Bertz CT molecular complexity index is 882. The van der Waals surface area contributed by atoms with Crippen molar-refractivity contribution in [2.24, 2.45) is 0 Å². The predicted octanol–water partition coefficient (Wildman–Crippen LogP) is 1.20. The smallest absolute Gasteiger partial charge is 0.246 e. The third kappa shape index (κ3) is 4.19. The molecule has 2 aliphatic rings. The fraction of sp³-hybridized carbons (Fsp3) is 0.364. The topological polar surface area (TPSA) is 90.9 Å². The summed E-state index contributed by atoms with van der Waals surface area (Å²) < 4.78 is 5.17. The monoisotopic (exact) mass is 395 g/mol. The van der Waals surface area contributed by atoms with Crippen LogP contribution in [0.25, 0.3) is 0 Å². The van der Waals surface area contributed by atoms with Crippen molar-refractivity contribution in [3.63, 3.8) is 0 Å². The molecule has 2 amide bonds. The standard InChI is InChI=1S/C22H25N3O4/c1-29-18-8-4-15(5-9-18)12-23-16-11-20-21(27)24-19(22(28)25(20)13-16)10-14-2-6-17(26)7-3-14/h2-9,16,19-20,23,26H,10-13H2,1H3,(H,24,27)/t16-,19+,20-/m0/s1. The number of aromatic hydroxyl groups is 1. The van der Waals surface area contributed by atoms with Crippen LogP contribution >= 0.6 is 0 Å². The molecule has 0 bridgehead atoms. The minimum atomic E-state index is -0.566. The largest absolute Gasteiger partial charge is 0.508 e. The van der Waals surface area contributed by atoms with Crippen molar-refractivity contribution >= 4 is 11.8 Å². The average molecular weight is 395 g/mol. The lowest BCUT2D eigenvalue weighted by Crippen LogP contribution is -2.61. The normalized spacial score (nSPS) is 23.6. The van der Waals surface area contributed by atoms with Gasteiger partial charge in [0, 0.05) is 25.6 Å². The molecule has 3 atom stereocenters. The van der Waals surface area contributed by atoms with Crippen molar-refractivity contribution < 1.29 is 19.4 Å². The molecule has 0 aliphatic carbocycles. The van der Waals surface area contributed by atoms with Gasteiger partial charge in [0.25, 0.3) is 0 Å². The number of nitrogens with one attached hydrogen (secondary N) is 2. The Kier molecular flexibility index (Phi) is 5.40. The molecule has 2 aromatic carbocycles. The predicted molar refractivity (Wildman–Crippen MR) is 107 cm³/mol. The number of hydrogen-bond donors (Lipinski definition) is 3. The van der Waals surface area contributed by atoms with Crippen molar-refractivity contribution in [1.82, 2.24) is 15.5 Å². The fourth-order valence-electron chi connectivity index (χ4n) is 4.02. The Hall–Kier alpha value is -3.06. The molecule has 7 nitrogen and oxygen atoms in total. The summed E-state index contributed by atoms with van der Waals surface area (Å²) in [5.41, 5.74) is 2.02. The highest BCUT2D eigenvalue weighted by Gasteiger charge is 2.46. The van der Waals surface area contributed by atoms with E-state index < -0.39 is 12.1 Å². The summed E-state index contributed by atoms with van der Waals surface area (Å²) in [5, 5.41) is 15.7. The van der Waals surface area contributed by atoms with E-state index in [1.54, 1.807) is 36.3 Å². The first-order chi connectivity index (χ1) is 14.0. The molecule has 2 aromatic rings. The van der Waals surface area contributed by atoms with Crippen LogP contribution in [-0.4, -0.2) is 53.6 Å². The Morgan fingerprint density at radius 2 is 1.79 bits per heavy atom. The first kappa shape index (κ1) is 19.3. The van der Waals surface area contributed by atoms with Crippen LogP contribution in [0, 0.1) is 0 Å². The SMILES string of the molecule is COc1ccc(CN[C@H]2C[C@H]3C(=O)N[C@H](Cc4ccc(O)cc4)C(=O)N3C2)cc1. The second kappa shape index (κ2) is 8.13. The van der Waals surface area contributed by atoms with Gasteiger partial charge in [0.2, 0.25) is 11.8 Å². The van der Waals surface area contributed by atoms with E-state index >= 15 is 0 Å². The van der Waals surface area contributed by atoms with Gasteiger partial charge in [-0.2, -0.15) is 0 Å². The number of hydrogen-bond acceptors (Lipinski definition) is 5. The van der Waals surface area contributed by atoms with Gasteiger partial charge in [-0.1, -0.05) is 24.3 Å². The summed E-state index contributed by atoms with van der Waals surface area (Å²) in [7, 11) is 1.64. The minimum absolute atomic E-state index is 0.0450. The van der Waals surface area contributed by atoms with Crippen LogP contribution in [0.5, 0.6) is 11.5 Å². The Balaban J connectivity index is 1.36. The molecule has 152 valence electrons. The molecular formula is C22H25N3O4. The zero-order chi connectivity index (χ0) is 20.4. The van der Waals surface area contributed by atoms with Crippen molar-refractivity contribution in [2.45, 2.75) is 37.5 Å². The minimum Gasteiger partial charge on any atom is -0.508 e. The van der Waals surface area contributed by atoms with Gasteiger partial charge in [-0.05, 0) is 41.8 Å². The molecule has 0 aromatic heterocycles. The van der Waals surface area contributed by atoms with Crippen molar-refractivity contribution in [2.75, 3.05) is 13.7 Å². The highest BCUT2D eigenvalue weighted by molar-refractivity contribution is 5.97. The Morgan fingerprint density at radius 3 is 2.48 bits per heavy atom. The number of nitrogens with zero attached hydrogens (tertiary/aromatic N) is 1. The number of amides is 2. The molecule has 7 heteroatoms. The van der Waals surface area contributed by atoms with Gasteiger partial charge in [-0.15, -0.1) is 0 Å². The molecule has 2 saturated heterocycles. The van der Waals surface area contributed by atoms with E-state index in [2.05, 4.69) is 10.6 Å². The number of phenolic OH excluding ortho intramolecular Hbond substituents is 1. The zero-order valence-electron chi connectivity index (χ0n) is 16.3. The molecule has 2 fully saturated rings. The van der Waals surface area contributed by atoms with Gasteiger partial charge in [0.15, 0.2) is 0 Å². The Morgan fingerprint density at radius 1 is 1.10 bits per heavy atom. The highest BCUT2D eigenvalue weighted by atomic mass is 16.5. The van der Waals surface area contributed by atoms with E-state index in [0.29, 0.717) is 25.9 Å². The maximum Gasteiger partial charge on any atom is 0.246 e. The second-order valence-electron chi connectivity index (χ2n) is 7.60. The van der Waals surface area contributed by atoms with E-state index in [0.717, 1.165) is 16.9 Å².